The van der Waals surface area contributed by atoms with Gasteiger partial charge in [-0.05, 0) is 49.4 Å². The number of rotatable bonds is 6. The Labute approximate surface area is 191 Å². The number of nitrogens with one attached hydrogen (secondary N) is 2. The van der Waals surface area contributed by atoms with Gasteiger partial charge in [-0.2, -0.15) is 0 Å². The van der Waals surface area contributed by atoms with Crippen LogP contribution in [0.25, 0.3) is 22.2 Å². The van der Waals surface area contributed by atoms with E-state index in [9.17, 15) is 4.79 Å². The maximum absolute atomic E-state index is 12.5. The van der Waals surface area contributed by atoms with Crippen molar-refractivity contribution >= 4 is 34.1 Å². The zero-order chi connectivity index (χ0) is 21.9. The van der Waals surface area contributed by atoms with E-state index in [1.807, 2.05) is 48.5 Å². The van der Waals surface area contributed by atoms with E-state index >= 15 is 0 Å². The molecule has 162 valence electrons. The number of aryl methyl sites for hydroxylation is 1. The summed E-state index contributed by atoms with van der Waals surface area (Å²) in [7, 11) is 0. The van der Waals surface area contributed by atoms with Gasteiger partial charge in [-0.15, -0.1) is 0 Å². The number of fused-ring (bicyclic) bond motifs is 2. The van der Waals surface area contributed by atoms with Crippen molar-refractivity contribution in [3.05, 3.63) is 76.6 Å². The molecule has 0 atom stereocenters. The maximum Gasteiger partial charge on any atom is 0.273 e. The van der Waals surface area contributed by atoms with Gasteiger partial charge in [-0.1, -0.05) is 47.1 Å². The zero-order valence-corrected chi connectivity index (χ0v) is 18.3. The summed E-state index contributed by atoms with van der Waals surface area (Å²) >= 11 is 6.19. The van der Waals surface area contributed by atoms with Crippen molar-refractivity contribution in [2.45, 2.75) is 25.7 Å². The number of anilines is 1. The topological polar surface area (TPSA) is 80.0 Å². The average Bonchev–Trinajstić information content (AvgIpc) is 3.32. The molecule has 2 heterocycles. The highest BCUT2D eigenvalue weighted by atomic mass is 35.5. The Morgan fingerprint density at radius 1 is 1.03 bits per heavy atom. The number of carbonyl (C=O) groups is 1. The molecular weight excluding hydrogens is 424 g/mol. The minimum atomic E-state index is -0.258. The third-order valence-electron chi connectivity index (χ3n) is 5.74. The van der Waals surface area contributed by atoms with Gasteiger partial charge in [0, 0.05) is 46.5 Å². The van der Waals surface area contributed by atoms with Gasteiger partial charge in [0.15, 0.2) is 11.5 Å². The highest BCUT2D eigenvalue weighted by Gasteiger charge is 2.18. The highest BCUT2D eigenvalue weighted by molar-refractivity contribution is 6.31. The number of benzene rings is 2. The van der Waals surface area contributed by atoms with Crippen molar-refractivity contribution in [2.75, 3.05) is 18.4 Å². The number of hydrogen-bond acceptors (Lipinski definition) is 5. The van der Waals surface area contributed by atoms with Crippen LogP contribution in [0.4, 0.5) is 5.69 Å². The lowest BCUT2D eigenvalue weighted by atomic mass is 9.92. The monoisotopic (exact) mass is 446 g/mol. The number of carbonyl (C=O) groups excluding carboxylic acids is 1. The Bertz CT molecular complexity index is 1270. The highest BCUT2D eigenvalue weighted by Crippen LogP contribution is 2.34. The van der Waals surface area contributed by atoms with Crippen molar-refractivity contribution in [2.24, 2.45) is 0 Å². The number of amides is 1. The molecule has 1 amide bonds. The summed E-state index contributed by atoms with van der Waals surface area (Å²) in [6, 6.07) is 17.1. The van der Waals surface area contributed by atoms with Crippen molar-refractivity contribution in [3.63, 3.8) is 0 Å². The van der Waals surface area contributed by atoms with Gasteiger partial charge in [0.2, 0.25) is 0 Å². The Hall–Kier alpha value is -3.38. The van der Waals surface area contributed by atoms with Crippen LogP contribution in [0.3, 0.4) is 0 Å². The van der Waals surface area contributed by atoms with Crippen LogP contribution in [0.2, 0.25) is 5.02 Å². The molecule has 0 radical (unpaired) electrons. The Morgan fingerprint density at radius 3 is 2.75 bits per heavy atom. The van der Waals surface area contributed by atoms with E-state index < -0.39 is 0 Å². The fourth-order valence-corrected chi connectivity index (χ4v) is 4.34. The molecule has 0 saturated carbocycles. The predicted octanol–water partition coefficient (Wildman–Crippen LogP) is 5.26. The summed E-state index contributed by atoms with van der Waals surface area (Å²) in [5.41, 5.74) is 5.58. The lowest BCUT2D eigenvalue weighted by Crippen LogP contribution is -2.29. The summed E-state index contributed by atoms with van der Waals surface area (Å²) in [4.78, 5) is 17.3. The molecule has 0 unspecified atom stereocenters. The van der Waals surface area contributed by atoms with E-state index in [-0.39, 0.29) is 11.6 Å². The van der Waals surface area contributed by atoms with Gasteiger partial charge < -0.3 is 15.2 Å². The molecule has 0 bridgehead atoms. The first kappa shape index (κ1) is 20.5. The van der Waals surface area contributed by atoms with Crippen molar-refractivity contribution < 1.29 is 9.32 Å². The summed E-state index contributed by atoms with van der Waals surface area (Å²) in [6.07, 6.45) is 4.31. The van der Waals surface area contributed by atoms with Crippen LogP contribution in [0.1, 0.15) is 34.6 Å². The lowest BCUT2D eigenvalue weighted by molar-refractivity contribution is 0.0946. The van der Waals surface area contributed by atoms with Crippen LogP contribution in [-0.4, -0.2) is 29.1 Å². The summed E-state index contributed by atoms with van der Waals surface area (Å²) in [5.74, 6) is 0.313. The second kappa shape index (κ2) is 9.01. The molecule has 4 aromatic rings. The third kappa shape index (κ3) is 4.18. The van der Waals surface area contributed by atoms with Gasteiger partial charge >= 0.3 is 0 Å². The molecule has 0 aliphatic heterocycles. The van der Waals surface area contributed by atoms with Crippen LogP contribution in [-0.2, 0) is 12.8 Å². The van der Waals surface area contributed by atoms with Crippen molar-refractivity contribution in [1.82, 2.24) is 15.5 Å². The number of halogens is 1. The van der Waals surface area contributed by atoms with Crippen LogP contribution < -0.4 is 10.6 Å². The van der Waals surface area contributed by atoms with Gasteiger partial charge in [-0.3, -0.25) is 9.78 Å². The van der Waals surface area contributed by atoms with E-state index in [4.69, 9.17) is 21.1 Å². The first-order chi connectivity index (χ1) is 15.7. The fraction of sp³-hybridized carbons (Fsp3) is 0.240. The molecule has 0 fully saturated rings. The van der Waals surface area contributed by atoms with E-state index in [1.54, 1.807) is 6.07 Å². The number of hydrogen-bond donors (Lipinski definition) is 2. The third-order valence-corrected chi connectivity index (χ3v) is 5.97. The summed E-state index contributed by atoms with van der Waals surface area (Å²) < 4.78 is 5.32. The predicted molar refractivity (Wildman–Crippen MR) is 126 cm³/mol. The minimum absolute atomic E-state index is 0.258. The smallest absolute Gasteiger partial charge is 0.273 e. The molecule has 2 aromatic heterocycles. The number of pyridine rings is 1. The zero-order valence-electron chi connectivity index (χ0n) is 17.5. The second-order valence-corrected chi connectivity index (χ2v) is 8.34. The molecule has 1 aliphatic rings. The Kier molecular flexibility index (Phi) is 5.77. The van der Waals surface area contributed by atoms with E-state index in [0.717, 1.165) is 53.5 Å². The Morgan fingerprint density at radius 2 is 1.88 bits per heavy atom. The molecule has 0 saturated heterocycles. The standard InChI is InChI=1S/C25H23ClN4O2/c26-17-10-11-19-21(14-17)29-20-9-5-4-8-18(20)24(19)27-12-13-28-25(31)22-15-23(32-30-22)16-6-2-1-3-7-16/h1-3,6-7,10-11,14-15H,4-5,8-9,12-13H2,(H,27,29)(H,28,31). The van der Waals surface area contributed by atoms with Gasteiger partial charge in [-0.25, -0.2) is 0 Å². The quantitative estimate of drug-likeness (QED) is 0.395. The maximum atomic E-state index is 12.5. The van der Waals surface area contributed by atoms with Crippen molar-refractivity contribution in [3.8, 4) is 11.3 Å². The largest absolute Gasteiger partial charge is 0.382 e. The van der Waals surface area contributed by atoms with Gasteiger partial charge in [0.05, 0.1) is 5.52 Å². The van der Waals surface area contributed by atoms with Crippen LogP contribution in [0.5, 0.6) is 0 Å². The van der Waals surface area contributed by atoms with Crippen LogP contribution in [0, 0.1) is 0 Å². The average molecular weight is 447 g/mol. The SMILES string of the molecule is O=C(NCCNc1c2c(nc3cc(Cl)ccc13)CCCC2)c1cc(-c2ccccc2)on1. The van der Waals surface area contributed by atoms with Crippen LogP contribution in [0.15, 0.2) is 59.1 Å². The van der Waals surface area contributed by atoms with Crippen LogP contribution >= 0.6 is 11.6 Å². The number of nitrogens with zero attached hydrogens (tertiary/aromatic N) is 2. The summed E-state index contributed by atoms with van der Waals surface area (Å²) in [5, 5.41) is 12.1. The molecule has 7 heteroatoms. The molecule has 6 nitrogen and oxygen atoms in total. The first-order valence-electron chi connectivity index (χ1n) is 10.8. The van der Waals surface area contributed by atoms with Crippen molar-refractivity contribution in [1.29, 1.82) is 0 Å². The molecule has 2 N–H and O–H groups in total. The van der Waals surface area contributed by atoms with E-state index in [2.05, 4.69) is 15.8 Å². The Balaban J connectivity index is 1.26. The molecule has 2 aromatic carbocycles. The molecule has 32 heavy (non-hydrogen) atoms. The lowest BCUT2D eigenvalue weighted by Gasteiger charge is -2.22. The number of aromatic nitrogens is 2. The molecular formula is C25H23ClN4O2. The molecule has 1 aliphatic carbocycles. The normalized spacial score (nSPS) is 13.0. The van der Waals surface area contributed by atoms with E-state index in [1.165, 1.54) is 5.56 Å². The summed E-state index contributed by atoms with van der Waals surface area (Å²) in [6.45, 7) is 1.04. The first-order valence-corrected chi connectivity index (χ1v) is 11.2. The second-order valence-electron chi connectivity index (χ2n) is 7.91. The molecule has 5 rings (SSSR count). The van der Waals surface area contributed by atoms with E-state index in [0.29, 0.717) is 23.9 Å². The molecule has 0 spiro atoms. The van der Waals surface area contributed by atoms with Gasteiger partial charge in [0.1, 0.15) is 0 Å². The fourth-order valence-electron chi connectivity index (χ4n) is 4.18. The minimum Gasteiger partial charge on any atom is -0.382 e. The van der Waals surface area contributed by atoms with Gasteiger partial charge in [0.25, 0.3) is 5.91 Å².